The van der Waals surface area contributed by atoms with Crippen LogP contribution in [0, 0.1) is 0 Å². The van der Waals surface area contributed by atoms with Gasteiger partial charge in [0.15, 0.2) is 11.6 Å². The fourth-order valence-electron chi connectivity index (χ4n) is 2.14. The fourth-order valence-corrected chi connectivity index (χ4v) is 2.90. The van der Waals surface area contributed by atoms with E-state index >= 15 is 0 Å². The zero-order valence-electron chi connectivity index (χ0n) is 13.8. The standard InChI is InChI=1S/C16H19N5O2S/c1-4-5-13-17-15(23-21-13)10(2)24-16-18-14(19-20-16)11-6-8-12(22-3)9-7-11/h6-10H,4-5H2,1-3H3,(H,18,19,20). The maximum atomic E-state index is 5.31. The number of nitrogens with one attached hydrogen (secondary N) is 1. The van der Waals surface area contributed by atoms with E-state index in [1.165, 1.54) is 11.8 Å². The van der Waals surface area contributed by atoms with Crippen molar-refractivity contribution in [2.75, 3.05) is 7.11 Å². The number of hydrogen-bond acceptors (Lipinski definition) is 7. The van der Waals surface area contributed by atoms with Crippen molar-refractivity contribution in [3.63, 3.8) is 0 Å². The van der Waals surface area contributed by atoms with Crippen LogP contribution in [0.4, 0.5) is 0 Å². The highest BCUT2D eigenvalue weighted by Crippen LogP contribution is 2.32. The summed E-state index contributed by atoms with van der Waals surface area (Å²) in [6.07, 6.45) is 1.82. The number of H-pyrrole nitrogens is 1. The van der Waals surface area contributed by atoms with E-state index in [1.807, 2.05) is 31.2 Å². The number of aromatic amines is 1. The van der Waals surface area contributed by atoms with Gasteiger partial charge in [0.1, 0.15) is 5.75 Å². The Hall–Kier alpha value is -2.35. The van der Waals surface area contributed by atoms with Crippen molar-refractivity contribution >= 4 is 11.8 Å². The van der Waals surface area contributed by atoms with Crippen LogP contribution in [0.25, 0.3) is 11.4 Å². The third-order valence-corrected chi connectivity index (χ3v) is 4.36. The molecule has 1 atom stereocenters. The van der Waals surface area contributed by atoms with Gasteiger partial charge in [-0.25, -0.2) is 4.98 Å². The Balaban J connectivity index is 1.68. The van der Waals surface area contributed by atoms with Gasteiger partial charge in [-0.3, -0.25) is 5.10 Å². The predicted octanol–water partition coefficient (Wildman–Crippen LogP) is 3.67. The first-order chi connectivity index (χ1) is 11.7. The molecular weight excluding hydrogens is 326 g/mol. The molecule has 126 valence electrons. The van der Waals surface area contributed by atoms with Crippen molar-refractivity contribution in [1.29, 1.82) is 0 Å². The number of hydrogen-bond donors (Lipinski definition) is 1. The van der Waals surface area contributed by atoms with Crippen molar-refractivity contribution in [2.24, 2.45) is 0 Å². The van der Waals surface area contributed by atoms with E-state index in [1.54, 1.807) is 7.11 Å². The van der Waals surface area contributed by atoms with Crippen molar-refractivity contribution in [1.82, 2.24) is 25.3 Å². The summed E-state index contributed by atoms with van der Waals surface area (Å²) in [5.74, 6) is 2.86. The average Bonchev–Trinajstić information content (AvgIpc) is 3.25. The second-order valence-electron chi connectivity index (χ2n) is 5.25. The molecule has 0 radical (unpaired) electrons. The second-order valence-corrected chi connectivity index (χ2v) is 6.56. The number of methoxy groups -OCH3 is 1. The Kier molecular flexibility index (Phi) is 5.14. The highest BCUT2D eigenvalue weighted by atomic mass is 32.2. The van der Waals surface area contributed by atoms with Crippen LogP contribution in [0.15, 0.2) is 33.9 Å². The van der Waals surface area contributed by atoms with E-state index in [2.05, 4.69) is 32.2 Å². The van der Waals surface area contributed by atoms with Crippen LogP contribution in [-0.4, -0.2) is 32.4 Å². The normalized spacial score (nSPS) is 12.3. The summed E-state index contributed by atoms with van der Waals surface area (Å²) in [4.78, 5) is 8.91. The van der Waals surface area contributed by atoms with E-state index < -0.39 is 0 Å². The van der Waals surface area contributed by atoms with Gasteiger partial charge < -0.3 is 9.26 Å². The predicted molar refractivity (Wildman–Crippen MR) is 90.9 cm³/mol. The van der Waals surface area contributed by atoms with Crippen molar-refractivity contribution in [3.8, 4) is 17.1 Å². The summed E-state index contributed by atoms with van der Waals surface area (Å²) < 4.78 is 10.5. The molecule has 0 aliphatic heterocycles. The van der Waals surface area contributed by atoms with Crippen LogP contribution in [-0.2, 0) is 6.42 Å². The van der Waals surface area contributed by atoms with E-state index in [-0.39, 0.29) is 5.25 Å². The molecule has 3 rings (SSSR count). The van der Waals surface area contributed by atoms with Crippen molar-refractivity contribution in [2.45, 2.75) is 37.1 Å². The maximum absolute atomic E-state index is 5.31. The molecule has 2 heterocycles. The molecule has 0 saturated heterocycles. The summed E-state index contributed by atoms with van der Waals surface area (Å²) in [5.41, 5.74) is 0.950. The summed E-state index contributed by atoms with van der Waals surface area (Å²) in [7, 11) is 1.64. The number of rotatable bonds is 7. The largest absolute Gasteiger partial charge is 0.497 e. The molecule has 1 N–H and O–H groups in total. The summed E-state index contributed by atoms with van der Waals surface area (Å²) in [6.45, 7) is 4.08. The van der Waals surface area contributed by atoms with Crippen LogP contribution in [0.5, 0.6) is 5.75 Å². The molecule has 0 saturated carbocycles. The van der Waals surface area contributed by atoms with Crippen molar-refractivity contribution in [3.05, 3.63) is 36.0 Å². The van der Waals surface area contributed by atoms with Crippen LogP contribution < -0.4 is 4.74 Å². The fraction of sp³-hybridized carbons (Fsp3) is 0.375. The lowest BCUT2D eigenvalue weighted by Crippen LogP contribution is -1.91. The maximum Gasteiger partial charge on any atom is 0.239 e. The van der Waals surface area contributed by atoms with Gasteiger partial charge >= 0.3 is 0 Å². The number of aryl methyl sites for hydroxylation is 1. The zero-order chi connectivity index (χ0) is 16.9. The average molecular weight is 345 g/mol. The number of aromatic nitrogens is 5. The minimum Gasteiger partial charge on any atom is -0.497 e. The third-order valence-electron chi connectivity index (χ3n) is 3.42. The molecule has 1 unspecified atom stereocenters. The second kappa shape index (κ2) is 7.48. The third kappa shape index (κ3) is 3.76. The Morgan fingerprint density at radius 1 is 1.25 bits per heavy atom. The Labute approximate surface area is 144 Å². The molecule has 2 aromatic heterocycles. The SMILES string of the molecule is CCCc1noc(C(C)Sc2n[nH]c(-c3ccc(OC)cc3)n2)n1. The topological polar surface area (TPSA) is 89.7 Å². The molecule has 24 heavy (non-hydrogen) atoms. The minimum atomic E-state index is -0.0115. The van der Waals surface area contributed by atoms with Gasteiger partial charge in [0.2, 0.25) is 11.0 Å². The number of ether oxygens (including phenoxy) is 1. The highest BCUT2D eigenvalue weighted by Gasteiger charge is 2.18. The van der Waals surface area contributed by atoms with Crippen LogP contribution >= 0.6 is 11.8 Å². The lowest BCUT2D eigenvalue weighted by Gasteiger charge is -2.01. The molecule has 3 aromatic rings. The van der Waals surface area contributed by atoms with Gasteiger partial charge in [-0.2, -0.15) is 4.98 Å². The zero-order valence-corrected chi connectivity index (χ0v) is 14.6. The molecule has 0 spiro atoms. The van der Waals surface area contributed by atoms with E-state index in [4.69, 9.17) is 9.26 Å². The lowest BCUT2D eigenvalue weighted by molar-refractivity contribution is 0.374. The molecule has 7 nitrogen and oxygen atoms in total. The first-order valence-electron chi connectivity index (χ1n) is 7.75. The van der Waals surface area contributed by atoms with Gasteiger partial charge in [-0.15, -0.1) is 5.10 Å². The highest BCUT2D eigenvalue weighted by molar-refractivity contribution is 7.99. The smallest absolute Gasteiger partial charge is 0.239 e. The number of nitrogens with zero attached hydrogens (tertiary/aromatic N) is 4. The van der Waals surface area contributed by atoms with Gasteiger partial charge in [0.25, 0.3) is 0 Å². The monoisotopic (exact) mass is 345 g/mol. The first kappa shape index (κ1) is 16.5. The first-order valence-corrected chi connectivity index (χ1v) is 8.63. The number of thioether (sulfide) groups is 1. The van der Waals surface area contributed by atoms with Crippen LogP contribution in [0.2, 0.25) is 0 Å². The Morgan fingerprint density at radius 2 is 2.04 bits per heavy atom. The molecule has 0 fully saturated rings. The van der Waals surface area contributed by atoms with Crippen molar-refractivity contribution < 1.29 is 9.26 Å². The molecule has 0 amide bonds. The minimum absolute atomic E-state index is 0.0115. The number of benzene rings is 1. The lowest BCUT2D eigenvalue weighted by atomic mass is 10.2. The summed E-state index contributed by atoms with van der Waals surface area (Å²) >= 11 is 1.48. The van der Waals surface area contributed by atoms with Crippen LogP contribution in [0.1, 0.15) is 37.2 Å². The van der Waals surface area contributed by atoms with E-state index in [9.17, 15) is 0 Å². The van der Waals surface area contributed by atoms with E-state index in [0.29, 0.717) is 16.9 Å². The Bertz CT molecular complexity index is 784. The summed E-state index contributed by atoms with van der Waals surface area (Å²) in [5, 5.41) is 11.8. The molecular formula is C16H19N5O2S. The molecule has 0 bridgehead atoms. The molecule has 1 aromatic carbocycles. The van der Waals surface area contributed by atoms with Gasteiger partial charge in [0, 0.05) is 12.0 Å². The Morgan fingerprint density at radius 3 is 2.75 bits per heavy atom. The van der Waals surface area contributed by atoms with Gasteiger partial charge in [0.05, 0.1) is 12.4 Å². The molecule has 0 aliphatic rings. The summed E-state index contributed by atoms with van der Waals surface area (Å²) in [6, 6.07) is 7.65. The van der Waals surface area contributed by atoms with Gasteiger partial charge in [-0.05, 0) is 37.6 Å². The van der Waals surface area contributed by atoms with E-state index in [0.717, 1.165) is 30.0 Å². The van der Waals surface area contributed by atoms with Gasteiger partial charge in [-0.1, -0.05) is 23.8 Å². The molecule has 0 aliphatic carbocycles. The van der Waals surface area contributed by atoms with Crippen LogP contribution in [0.3, 0.4) is 0 Å². The quantitative estimate of drug-likeness (QED) is 0.653. The molecule has 8 heteroatoms.